The van der Waals surface area contributed by atoms with Gasteiger partial charge in [0.1, 0.15) is 0 Å². The Morgan fingerprint density at radius 1 is 1.10 bits per heavy atom. The average Bonchev–Trinajstić information content (AvgIpc) is 2.49. The average molecular weight is 301 g/mol. The van der Waals surface area contributed by atoms with Gasteiger partial charge in [0.05, 0.1) is 6.10 Å². The van der Waals surface area contributed by atoms with Crippen molar-refractivity contribution in [1.82, 2.24) is 0 Å². The second-order valence-corrected chi connectivity index (χ2v) is 5.95. The highest BCUT2D eigenvalue weighted by Gasteiger charge is 2.05. The largest absolute Gasteiger partial charge is 0.388 e. The van der Waals surface area contributed by atoms with E-state index < -0.39 is 0 Å². The highest BCUT2D eigenvalue weighted by atomic mass is 32.2. The Bertz CT molecular complexity index is 593. The van der Waals surface area contributed by atoms with Gasteiger partial charge in [0.2, 0.25) is 5.91 Å². The van der Waals surface area contributed by atoms with E-state index in [1.54, 1.807) is 11.8 Å². The molecule has 0 aliphatic rings. The molecule has 0 saturated carbocycles. The van der Waals surface area contributed by atoms with Crippen molar-refractivity contribution in [2.24, 2.45) is 0 Å². The van der Waals surface area contributed by atoms with E-state index in [-0.39, 0.29) is 12.0 Å². The molecule has 3 nitrogen and oxygen atoms in total. The molecule has 1 atom stereocenters. The summed E-state index contributed by atoms with van der Waals surface area (Å²) >= 11 is 1.65. The first-order valence-corrected chi connectivity index (χ1v) is 7.73. The maximum atomic E-state index is 11.0. The van der Waals surface area contributed by atoms with Gasteiger partial charge in [0, 0.05) is 22.4 Å². The SMILES string of the molecule is CCC(O)c1ccc(Sc2ccc(NC(C)=O)cc2)cc1. The van der Waals surface area contributed by atoms with Crippen molar-refractivity contribution in [3.05, 3.63) is 54.1 Å². The van der Waals surface area contributed by atoms with Crippen LogP contribution in [0.15, 0.2) is 58.3 Å². The second kappa shape index (κ2) is 7.29. The van der Waals surface area contributed by atoms with E-state index in [1.165, 1.54) is 6.92 Å². The van der Waals surface area contributed by atoms with Crippen LogP contribution >= 0.6 is 11.8 Å². The quantitative estimate of drug-likeness (QED) is 0.868. The summed E-state index contributed by atoms with van der Waals surface area (Å²) in [6.45, 7) is 3.46. The number of hydrogen-bond acceptors (Lipinski definition) is 3. The Kier molecular flexibility index (Phi) is 5.42. The summed E-state index contributed by atoms with van der Waals surface area (Å²) < 4.78 is 0. The molecule has 1 unspecified atom stereocenters. The molecule has 0 saturated heterocycles. The Balaban J connectivity index is 2.02. The van der Waals surface area contributed by atoms with Crippen LogP contribution in [0.4, 0.5) is 5.69 Å². The molecule has 0 fully saturated rings. The molecule has 0 radical (unpaired) electrons. The van der Waals surface area contributed by atoms with Gasteiger partial charge >= 0.3 is 0 Å². The van der Waals surface area contributed by atoms with Gasteiger partial charge in [-0.3, -0.25) is 4.79 Å². The van der Waals surface area contributed by atoms with Crippen molar-refractivity contribution in [1.29, 1.82) is 0 Å². The van der Waals surface area contributed by atoms with Gasteiger partial charge in [0.25, 0.3) is 0 Å². The fourth-order valence-corrected chi connectivity index (χ4v) is 2.76. The normalized spacial score (nSPS) is 12.0. The summed E-state index contributed by atoms with van der Waals surface area (Å²) in [5.74, 6) is -0.0690. The van der Waals surface area contributed by atoms with Crippen molar-refractivity contribution < 1.29 is 9.90 Å². The minimum atomic E-state index is -0.388. The van der Waals surface area contributed by atoms with Gasteiger partial charge in [0.15, 0.2) is 0 Å². The number of anilines is 1. The molecule has 1 amide bonds. The van der Waals surface area contributed by atoms with Crippen molar-refractivity contribution in [3.63, 3.8) is 0 Å². The third-order valence-corrected chi connectivity index (χ3v) is 4.08. The van der Waals surface area contributed by atoms with Crippen molar-refractivity contribution in [2.45, 2.75) is 36.2 Å². The van der Waals surface area contributed by atoms with Crippen molar-refractivity contribution >= 4 is 23.4 Å². The first-order chi connectivity index (χ1) is 10.1. The second-order valence-electron chi connectivity index (χ2n) is 4.80. The van der Waals surface area contributed by atoms with E-state index in [9.17, 15) is 9.90 Å². The molecule has 2 rings (SSSR count). The number of rotatable bonds is 5. The topological polar surface area (TPSA) is 49.3 Å². The van der Waals surface area contributed by atoms with Gasteiger partial charge in [-0.15, -0.1) is 0 Å². The highest BCUT2D eigenvalue weighted by molar-refractivity contribution is 7.99. The van der Waals surface area contributed by atoms with Gasteiger partial charge in [-0.25, -0.2) is 0 Å². The molecule has 21 heavy (non-hydrogen) atoms. The van der Waals surface area contributed by atoms with E-state index in [1.807, 2.05) is 55.5 Å². The number of aliphatic hydroxyl groups is 1. The van der Waals surface area contributed by atoms with E-state index in [0.717, 1.165) is 27.5 Å². The number of carbonyl (C=O) groups is 1. The van der Waals surface area contributed by atoms with Gasteiger partial charge in [-0.05, 0) is 48.4 Å². The van der Waals surface area contributed by atoms with Crippen LogP contribution in [-0.2, 0) is 4.79 Å². The zero-order chi connectivity index (χ0) is 15.2. The highest BCUT2D eigenvalue weighted by Crippen LogP contribution is 2.29. The first kappa shape index (κ1) is 15.6. The molecule has 0 aromatic heterocycles. The first-order valence-electron chi connectivity index (χ1n) is 6.92. The summed E-state index contributed by atoms with van der Waals surface area (Å²) in [7, 11) is 0. The number of nitrogens with one attached hydrogen (secondary N) is 1. The molecule has 110 valence electrons. The number of carbonyl (C=O) groups excluding carboxylic acids is 1. The van der Waals surface area contributed by atoms with Crippen LogP contribution < -0.4 is 5.32 Å². The van der Waals surface area contributed by atoms with Crippen LogP contribution in [0.3, 0.4) is 0 Å². The van der Waals surface area contributed by atoms with Crippen molar-refractivity contribution in [2.75, 3.05) is 5.32 Å². The smallest absolute Gasteiger partial charge is 0.221 e. The van der Waals surface area contributed by atoms with E-state index in [2.05, 4.69) is 5.32 Å². The monoisotopic (exact) mass is 301 g/mol. The Morgan fingerprint density at radius 3 is 2.10 bits per heavy atom. The van der Waals surface area contributed by atoms with Gasteiger partial charge in [-0.2, -0.15) is 0 Å². The lowest BCUT2D eigenvalue weighted by atomic mass is 10.1. The summed E-state index contributed by atoms with van der Waals surface area (Å²) in [4.78, 5) is 13.2. The predicted molar refractivity (Wildman–Crippen MR) is 86.6 cm³/mol. The molecule has 2 aromatic rings. The minimum Gasteiger partial charge on any atom is -0.388 e. The lowest BCUT2D eigenvalue weighted by molar-refractivity contribution is -0.114. The van der Waals surface area contributed by atoms with Crippen LogP contribution in [0.5, 0.6) is 0 Å². The molecule has 0 spiro atoms. The van der Waals surface area contributed by atoms with Gasteiger partial charge in [-0.1, -0.05) is 30.8 Å². The lowest BCUT2D eigenvalue weighted by Crippen LogP contribution is -2.05. The molecule has 0 aliphatic carbocycles. The standard InChI is InChI=1S/C17H19NO2S/c1-3-17(20)13-4-8-15(9-5-13)21-16-10-6-14(7-11-16)18-12(2)19/h4-11,17,20H,3H2,1-2H3,(H,18,19). The lowest BCUT2D eigenvalue weighted by Gasteiger charge is -2.09. The zero-order valence-corrected chi connectivity index (χ0v) is 13.0. The van der Waals surface area contributed by atoms with E-state index in [4.69, 9.17) is 0 Å². The third kappa shape index (κ3) is 4.62. The molecule has 0 aliphatic heterocycles. The molecule has 2 aromatic carbocycles. The van der Waals surface area contributed by atoms with Crippen LogP contribution in [0.2, 0.25) is 0 Å². The van der Waals surface area contributed by atoms with Crippen LogP contribution in [0.1, 0.15) is 31.9 Å². The minimum absolute atomic E-state index is 0.0690. The summed E-state index contributed by atoms with van der Waals surface area (Å²) in [6, 6.07) is 15.7. The molecular formula is C17H19NO2S. The summed E-state index contributed by atoms with van der Waals surface area (Å²) in [5, 5.41) is 12.5. The van der Waals surface area contributed by atoms with Gasteiger partial charge < -0.3 is 10.4 Å². The van der Waals surface area contributed by atoms with Crippen LogP contribution in [0.25, 0.3) is 0 Å². The number of hydrogen-bond donors (Lipinski definition) is 2. The molecule has 0 bridgehead atoms. The van der Waals surface area contributed by atoms with E-state index >= 15 is 0 Å². The fourth-order valence-electron chi connectivity index (χ4n) is 1.94. The summed E-state index contributed by atoms with van der Waals surface area (Å²) in [6.07, 6.45) is 0.331. The van der Waals surface area contributed by atoms with Crippen LogP contribution in [0, 0.1) is 0 Å². The number of aliphatic hydroxyl groups excluding tert-OH is 1. The maximum absolute atomic E-state index is 11.0. The Hall–Kier alpha value is -1.78. The fraction of sp³-hybridized carbons (Fsp3) is 0.235. The van der Waals surface area contributed by atoms with Crippen molar-refractivity contribution in [3.8, 4) is 0 Å². The molecule has 0 heterocycles. The summed E-state index contributed by atoms with van der Waals surface area (Å²) in [5.41, 5.74) is 1.75. The molecule has 2 N–H and O–H groups in total. The Morgan fingerprint density at radius 2 is 1.62 bits per heavy atom. The maximum Gasteiger partial charge on any atom is 0.221 e. The predicted octanol–water partition coefficient (Wildman–Crippen LogP) is 4.24. The molecular weight excluding hydrogens is 282 g/mol. The van der Waals surface area contributed by atoms with Crippen LogP contribution in [-0.4, -0.2) is 11.0 Å². The zero-order valence-electron chi connectivity index (χ0n) is 12.2. The number of benzene rings is 2. The molecule has 4 heteroatoms. The third-order valence-electron chi connectivity index (χ3n) is 3.06. The number of amides is 1. The Labute approximate surface area is 129 Å². The van der Waals surface area contributed by atoms with E-state index in [0.29, 0.717) is 0 Å².